The van der Waals surface area contributed by atoms with Crippen LogP contribution in [0.4, 0.5) is 4.39 Å². The average Bonchev–Trinajstić information content (AvgIpc) is 3.29. The van der Waals surface area contributed by atoms with Gasteiger partial charge >= 0.3 is 0 Å². The first-order valence-electron chi connectivity index (χ1n) is 11.2. The quantitative estimate of drug-likeness (QED) is 0.712. The number of rotatable bonds is 4. The molecule has 2 saturated heterocycles. The monoisotopic (exact) mass is 474 g/mol. The van der Waals surface area contributed by atoms with Gasteiger partial charge in [0.15, 0.2) is 0 Å². The van der Waals surface area contributed by atoms with Crippen LogP contribution in [0.1, 0.15) is 44.4 Å². The van der Waals surface area contributed by atoms with E-state index in [0.29, 0.717) is 19.5 Å². The Hall–Kier alpha value is -2.33. The predicted octanol–water partition coefficient (Wildman–Crippen LogP) is 2.56. The molecular formula is C24H31FN4O3S. The molecule has 0 bridgehead atoms. The Morgan fingerprint density at radius 2 is 1.55 bits per heavy atom. The summed E-state index contributed by atoms with van der Waals surface area (Å²) < 4.78 is 40.8. The molecule has 2 unspecified atom stereocenters. The van der Waals surface area contributed by atoms with Crippen LogP contribution in [-0.2, 0) is 20.2 Å². The molecular weight excluding hydrogens is 443 g/mol. The number of piperazine rings is 1. The highest BCUT2D eigenvalue weighted by Crippen LogP contribution is 2.26. The first-order valence-corrected chi connectivity index (χ1v) is 12.7. The fourth-order valence-electron chi connectivity index (χ4n) is 4.28. The summed E-state index contributed by atoms with van der Waals surface area (Å²) in [7, 11) is -3.60. The van der Waals surface area contributed by atoms with Crippen LogP contribution in [0.25, 0.3) is 0 Å². The van der Waals surface area contributed by atoms with E-state index >= 15 is 0 Å². The van der Waals surface area contributed by atoms with E-state index in [-0.39, 0.29) is 41.2 Å². The highest BCUT2D eigenvalue weighted by atomic mass is 32.2. The molecule has 0 saturated carbocycles. The molecule has 2 aliphatic rings. The number of halogens is 1. The number of carbonyl (C=O) groups is 1. The van der Waals surface area contributed by atoms with Crippen LogP contribution in [0.15, 0.2) is 53.4 Å². The zero-order valence-corrected chi connectivity index (χ0v) is 20.0. The predicted molar refractivity (Wildman–Crippen MR) is 124 cm³/mol. The number of hydrazine groups is 1. The second-order valence-corrected chi connectivity index (χ2v) is 11.6. The molecule has 178 valence electrons. The largest absolute Gasteiger partial charge is 0.339 e. The molecule has 0 spiro atoms. The zero-order chi connectivity index (χ0) is 23.8. The molecule has 2 fully saturated rings. The highest BCUT2D eigenvalue weighted by Gasteiger charge is 2.36. The van der Waals surface area contributed by atoms with E-state index < -0.39 is 16.1 Å². The lowest BCUT2D eigenvalue weighted by atomic mass is 9.87. The Morgan fingerprint density at radius 1 is 0.939 bits per heavy atom. The average molecular weight is 475 g/mol. The van der Waals surface area contributed by atoms with Crippen molar-refractivity contribution in [3.05, 3.63) is 65.5 Å². The number of carbonyl (C=O) groups excluding carboxylic acids is 1. The Labute approximate surface area is 195 Å². The van der Waals surface area contributed by atoms with Gasteiger partial charge in [0.1, 0.15) is 11.9 Å². The summed E-state index contributed by atoms with van der Waals surface area (Å²) in [6, 6.07) is 12.8. The van der Waals surface area contributed by atoms with E-state index in [4.69, 9.17) is 0 Å². The molecule has 1 amide bonds. The van der Waals surface area contributed by atoms with Crippen molar-refractivity contribution in [2.24, 2.45) is 0 Å². The summed E-state index contributed by atoms with van der Waals surface area (Å²) in [5.41, 5.74) is 8.08. The summed E-state index contributed by atoms with van der Waals surface area (Å²) in [6.45, 7) is 7.47. The smallest absolute Gasteiger partial charge is 0.243 e. The minimum absolute atomic E-state index is 0.0485. The number of hydrogen-bond donors (Lipinski definition) is 2. The van der Waals surface area contributed by atoms with Gasteiger partial charge in [-0.2, -0.15) is 4.31 Å². The maximum atomic E-state index is 13.2. The molecule has 9 heteroatoms. The SMILES string of the molecule is CC(C)(C)c1ccc(S(=O)(=O)N2CCN(C(=O)C3CC(c4ccc(F)cc4)NN3)CC2)cc1. The van der Waals surface area contributed by atoms with Crippen LogP contribution in [-0.4, -0.2) is 55.8 Å². The zero-order valence-electron chi connectivity index (χ0n) is 19.2. The van der Waals surface area contributed by atoms with Gasteiger partial charge in [-0.15, -0.1) is 0 Å². The highest BCUT2D eigenvalue weighted by molar-refractivity contribution is 7.89. The van der Waals surface area contributed by atoms with Crippen molar-refractivity contribution in [2.45, 2.75) is 49.6 Å². The number of sulfonamides is 1. The molecule has 0 aromatic heterocycles. The van der Waals surface area contributed by atoms with Crippen LogP contribution < -0.4 is 10.9 Å². The van der Waals surface area contributed by atoms with Crippen molar-refractivity contribution >= 4 is 15.9 Å². The summed E-state index contributed by atoms with van der Waals surface area (Å²) in [5.74, 6) is -0.353. The first kappa shape index (κ1) is 23.8. The second-order valence-electron chi connectivity index (χ2n) is 9.68. The van der Waals surface area contributed by atoms with E-state index in [2.05, 4.69) is 31.6 Å². The lowest BCUT2D eigenvalue weighted by molar-refractivity contribution is -0.134. The van der Waals surface area contributed by atoms with Crippen molar-refractivity contribution in [3.8, 4) is 0 Å². The topological polar surface area (TPSA) is 81.8 Å². The van der Waals surface area contributed by atoms with Crippen molar-refractivity contribution in [3.63, 3.8) is 0 Å². The van der Waals surface area contributed by atoms with Gasteiger partial charge in [-0.1, -0.05) is 45.0 Å². The normalized spacial score (nSPS) is 22.5. The number of hydrogen-bond acceptors (Lipinski definition) is 5. The molecule has 0 radical (unpaired) electrons. The van der Waals surface area contributed by atoms with Crippen LogP contribution in [0, 0.1) is 5.82 Å². The molecule has 2 aromatic carbocycles. The van der Waals surface area contributed by atoms with Gasteiger partial charge in [0.25, 0.3) is 0 Å². The molecule has 2 aliphatic heterocycles. The number of nitrogens with zero attached hydrogens (tertiary/aromatic N) is 2. The number of nitrogens with one attached hydrogen (secondary N) is 2. The Morgan fingerprint density at radius 3 is 2.12 bits per heavy atom. The van der Waals surface area contributed by atoms with Gasteiger partial charge in [-0.05, 0) is 47.2 Å². The fourth-order valence-corrected chi connectivity index (χ4v) is 5.70. The molecule has 2 atom stereocenters. The van der Waals surface area contributed by atoms with Crippen molar-refractivity contribution in [1.29, 1.82) is 0 Å². The van der Waals surface area contributed by atoms with E-state index in [1.54, 1.807) is 29.2 Å². The van der Waals surface area contributed by atoms with Crippen LogP contribution in [0.5, 0.6) is 0 Å². The van der Waals surface area contributed by atoms with Crippen LogP contribution in [0.3, 0.4) is 0 Å². The molecule has 33 heavy (non-hydrogen) atoms. The van der Waals surface area contributed by atoms with E-state index in [1.165, 1.54) is 16.4 Å². The minimum atomic E-state index is -3.60. The van der Waals surface area contributed by atoms with Gasteiger partial charge in [-0.3, -0.25) is 4.79 Å². The summed E-state index contributed by atoms with van der Waals surface area (Å²) in [4.78, 5) is 15.0. The Kier molecular flexibility index (Phi) is 6.59. The summed E-state index contributed by atoms with van der Waals surface area (Å²) >= 11 is 0. The Bertz CT molecular complexity index is 1090. The third kappa shape index (κ3) is 5.11. The Balaban J connectivity index is 1.34. The fraction of sp³-hybridized carbons (Fsp3) is 0.458. The number of benzene rings is 2. The second kappa shape index (κ2) is 9.13. The molecule has 7 nitrogen and oxygen atoms in total. The van der Waals surface area contributed by atoms with E-state index in [0.717, 1.165) is 11.1 Å². The maximum Gasteiger partial charge on any atom is 0.243 e. The molecule has 2 N–H and O–H groups in total. The molecule has 2 aromatic rings. The van der Waals surface area contributed by atoms with Crippen LogP contribution >= 0.6 is 0 Å². The van der Waals surface area contributed by atoms with Gasteiger partial charge in [0.05, 0.1) is 4.90 Å². The standard InChI is InChI=1S/C24H31FN4O3S/c1-24(2,3)18-6-10-20(11-7-18)33(31,32)29-14-12-28(13-15-29)23(30)22-16-21(26-27-22)17-4-8-19(25)9-5-17/h4-11,21-22,26-27H,12-16H2,1-3H3. The van der Waals surface area contributed by atoms with Gasteiger partial charge in [0, 0.05) is 32.2 Å². The van der Waals surface area contributed by atoms with Crippen molar-refractivity contribution in [1.82, 2.24) is 20.1 Å². The maximum absolute atomic E-state index is 13.2. The van der Waals surface area contributed by atoms with Gasteiger partial charge in [-0.25, -0.2) is 23.7 Å². The molecule has 0 aliphatic carbocycles. The first-order chi connectivity index (χ1) is 15.6. The summed E-state index contributed by atoms with van der Waals surface area (Å²) in [6.07, 6.45) is 0.545. The minimum Gasteiger partial charge on any atom is -0.339 e. The summed E-state index contributed by atoms with van der Waals surface area (Å²) in [5, 5.41) is 0. The molecule has 2 heterocycles. The van der Waals surface area contributed by atoms with Gasteiger partial charge < -0.3 is 4.90 Å². The van der Waals surface area contributed by atoms with Crippen molar-refractivity contribution in [2.75, 3.05) is 26.2 Å². The third-order valence-corrected chi connectivity index (χ3v) is 8.29. The lowest BCUT2D eigenvalue weighted by Crippen LogP contribution is -2.54. The van der Waals surface area contributed by atoms with Crippen LogP contribution in [0.2, 0.25) is 0 Å². The lowest BCUT2D eigenvalue weighted by Gasteiger charge is -2.35. The van der Waals surface area contributed by atoms with E-state index in [9.17, 15) is 17.6 Å². The molecule has 4 rings (SSSR count). The number of amides is 1. The van der Waals surface area contributed by atoms with E-state index in [1.807, 2.05) is 12.1 Å². The third-order valence-electron chi connectivity index (χ3n) is 6.38. The van der Waals surface area contributed by atoms with Crippen molar-refractivity contribution < 1.29 is 17.6 Å². The van der Waals surface area contributed by atoms with Gasteiger partial charge in [0.2, 0.25) is 15.9 Å².